The summed E-state index contributed by atoms with van der Waals surface area (Å²) >= 11 is 0. The van der Waals surface area contributed by atoms with Crippen LogP contribution in [0.25, 0.3) is 0 Å². The van der Waals surface area contributed by atoms with Gasteiger partial charge in [-0.05, 0) is 13.2 Å². The summed E-state index contributed by atoms with van der Waals surface area (Å²) in [4.78, 5) is 2.93. The van der Waals surface area contributed by atoms with Crippen molar-refractivity contribution in [2.24, 2.45) is 0 Å². The van der Waals surface area contributed by atoms with Crippen LogP contribution < -0.4 is 0 Å². The van der Waals surface area contributed by atoms with Crippen LogP contribution in [0.15, 0.2) is 12.8 Å². The van der Waals surface area contributed by atoms with Crippen LogP contribution in [0.2, 0.25) is 0 Å². The van der Waals surface area contributed by atoms with Gasteiger partial charge in [0.1, 0.15) is 6.04 Å². The van der Waals surface area contributed by atoms with E-state index >= 15 is 0 Å². The molecule has 76 valence electrons. The molecule has 0 N–H and O–H groups in total. The van der Waals surface area contributed by atoms with Crippen molar-refractivity contribution in [3.8, 4) is 0 Å². The Bertz CT molecular complexity index is 190. The van der Waals surface area contributed by atoms with Gasteiger partial charge in [-0.3, -0.25) is 4.90 Å². The van der Waals surface area contributed by atoms with Crippen LogP contribution in [0, 0.1) is 0 Å². The molecule has 0 saturated carbocycles. The van der Waals surface area contributed by atoms with Crippen LogP contribution in [0.3, 0.4) is 0 Å². The fraction of sp³-hybridized carbons (Fsp3) is 0.750. The van der Waals surface area contributed by atoms with Crippen molar-refractivity contribution in [1.29, 1.82) is 0 Å². The number of likely N-dealkylation sites (N-methyl/N-ethyl adjacent to an activating group) is 1. The van der Waals surface area contributed by atoms with Crippen LogP contribution in [0.5, 0.6) is 0 Å². The molecule has 5 heteroatoms. The van der Waals surface area contributed by atoms with E-state index in [0.29, 0.717) is 13.1 Å². The molecular formula is C8H13F3N2. The van der Waals surface area contributed by atoms with E-state index in [9.17, 15) is 13.2 Å². The number of alkyl halides is 3. The van der Waals surface area contributed by atoms with Crippen molar-refractivity contribution >= 4 is 0 Å². The monoisotopic (exact) mass is 194 g/mol. The Morgan fingerprint density at radius 3 is 2.46 bits per heavy atom. The average Bonchev–Trinajstić information content (AvgIpc) is 2.03. The minimum absolute atomic E-state index is 0.0104. The average molecular weight is 194 g/mol. The molecule has 1 aliphatic heterocycles. The fourth-order valence-corrected chi connectivity index (χ4v) is 1.41. The molecule has 0 aromatic heterocycles. The Hall–Kier alpha value is -0.710. The molecule has 1 atom stereocenters. The molecule has 0 radical (unpaired) electrons. The van der Waals surface area contributed by atoms with Crippen LogP contribution in [0.4, 0.5) is 13.2 Å². The van der Waals surface area contributed by atoms with Gasteiger partial charge in [0, 0.05) is 19.6 Å². The Labute approximate surface area is 75.6 Å². The van der Waals surface area contributed by atoms with Crippen molar-refractivity contribution in [1.82, 2.24) is 9.80 Å². The quantitative estimate of drug-likeness (QED) is 0.621. The highest BCUT2D eigenvalue weighted by Gasteiger charge is 2.44. The van der Waals surface area contributed by atoms with Gasteiger partial charge in [-0.25, -0.2) is 0 Å². The van der Waals surface area contributed by atoms with E-state index in [1.165, 1.54) is 18.1 Å². The Morgan fingerprint density at radius 1 is 1.38 bits per heavy atom. The van der Waals surface area contributed by atoms with E-state index in [1.54, 1.807) is 4.90 Å². The van der Waals surface area contributed by atoms with Gasteiger partial charge in [-0.1, -0.05) is 6.58 Å². The summed E-state index contributed by atoms with van der Waals surface area (Å²) in [6.07, 6.45) is -2.68. The lowest BCUT2D eigenvalue weighted by Gasteiger charge is -2.39. The lowest BCUT2D eigenvalue weighted by atomic mass is 10.2. The van der Waals surface area contributed by atoms with Gasteiger partial charge in [0.25, 0.3) is 0 Å². The summed E-state index contributed by atoms with van der Waals surface area (Å²) in [5, 5.41) is 0. The highest BCUT2D eigenvalue weighted by Crippen LogP contribution is 2.26. The van der Waals surface area contributed by atoms with E-state index in [-0.39, 0.29) is 6.54 Å². The predicted octanol–water partition coefficient (Wildman–Crippen LogP) is 1.31. The van der Waals surface area contributed by atoms with Gasteiger partial charge in [0.15, 0.2) is 0 Å². The molecule has 0 amide bonds. The molecule has 1 rings (SSSR count). The standard InChI is InChI=1S/C8H13F3N2/c1-3-13-5-4-12(2)7(6-13)8(9,10)11/h3,7H,1,4-6H2,2H3/t7-/m0/s1. The summed E-state index contributed by atoms with van der Waals surface area (Å²) in [7, 11) is 1.50. The molecule has 1 fully saturated rings. The van der Waals surface area contributed by atoms with Crippen molar-refractivity contribution in [3.05, 3.63) is 12.8 Å². The minimum atomic E-state index is -4.14. The van der Waals surface area contributed by atoms with E-state index in [2.05, 4.69) is 6.58 Å². The third-order valence-electron chi connectivity index (χ3n) is 2.32. The molecule has 0 bridgehead atoms. The first-order valence-electron chi connectivity index (χ1n) is 4.08. The van der Waals surface area contributed by atoms with Crippen LogP contribution >= 0.6 is 0 Å². The van der Waals surface area contributed by atoms with Crippen molar-refractivity contribution in [3.63, 3.8) is 0 Å². The second kappa shape index (κ2) is 3.57. The van der Waals surface area contributed by atoms with E-state index < -0.39 is 12.2 Å². The third-order valence-corrected chi connectivity index (χ3v) is 2.32. The number of hydrogen-bond donors (Lipinski definition) is 0. The summed E-state index contributed by atoms with van der Waals surface area (Å²) in [6, 6.07) is -1.36. The minimum Gasteiger partial charge on any atom is -0.375 e. The molecule has 0 spiro atoms. The number of halogens is 3. The van der Waals surface area contributed by atoms with Gasteiger partial charge >= 0.3 is 6.18 Å². The zero-order valence-corrected chi connectivity index (χ0v) is 7.51. The maximum Gasteiger partial charge on any atom is 0.405 e. The molecule has 1 saturated heterocycles. The first-order chi connectivity index (χ1) is 5.95. The summed E-state index contributed by atoms with van der Waals surface area (Å²) in [5.74, 6) is 0. The number of piperazine rings is 1. The van der Waals surface area contributed by atoms with E-state index in [0.717, 1.165) is 0 Å². The van der Waals surface area contributed by atoms with Gasteiger partial charge < -0.3 is 4.90 Å². The maximum absolute atomic E-state index is 12.4. The first kappa shape index (κ1) is 10.4. The van der Waals surface area contributed by atoms with Crippen LogP contribution in [0.1, 0.15) is 0 Å². The molecule has 0 aliphatic carbocycles. The van der Waals surface area contributed by atoms with Gasteiger partial charge in [0.05, 0.1) is 0 Å². The molecule has 2 nitrogen and oxygen atoms in total. The fourth-order valence-electron chi connectivity index (χ4n) is 1.41. The highest BCUT2D eigenvalue weighted by molar-refractivity contribution is 4.88. The van der Waals surface area contributed by atoms with E-state index in [4.69, 9.17) is 0 Å². The zero-order valence-electron chi connectivity index (χ0n) is 7.51. The molecule has 0 aromatic rings. The Balaban J connectivity index is 2.65. The predicted molar refractivity (Wildman–Crippen MR) is 44.2 cm³/mol. The maximum atomic E-state index is 12.4. The van der Waals surface area contributed by atoms with Gasteiger partial charge in [-0.2, -0.15) is 13.2 Å². The normalized spacial score (nSPS) is 26.2. The lowest BCUT2D eigenvalue weighted by Crippen LogP contribution is -2.56. The van der Waals surface area contributed by atoms with Crippen molar-refractivity contribution in [2.45, 2.75) is 12.2 Å². The highest BCUT2D eigenvalue weighted by atomic mass is 19.4. The van der Waals surface area contributed by atoms with Gasteiger partial charge in [-0.15, -0.1) is 0 Å². The Kier molecular flexibility index (Phi) is 2.85. The lowest BCUT2D eigenvalue weighted by molar-refractivity contribution is -0.190. The molecule has 1 heterocycles. The molecule has 0 aromatic carbocycles. The second-order valence-electron chi connectivity index (χ2n) is 3.22. The summed E-state index contributed by atoms with van der Waals surface area (Å²) in [6.45, 7) is 4.50. The van der Waals surface area contributed by atoms with E-state index in [1.807, 2.05) is 0 Å². The first-order valence-corrected chi connectivity index (χ1v) is 4.08. The molecule has 0 unspecified atom stereocenters. The number of nitrogens with zero attached hydrogens (tertiary/aromatic N) is 2. The molecule has 13 heavy (non-hydrogen) atoms. The van der Waals surface area contributed by atoms with Crippen molar-refractivity contribution in [2.75, 3.05) is 26.7 Å². The third kappa shape index (κ3) is 2.37. The van der Waals surface area contributed by atoms with Crippen LogP contribution in [-0.4, -0.2) is 48.7 Å². The number of hydrogen-bond acceptors (Lipinski definition) is 2. The smallest absolute Gasteiger partial charge is 0.375 e. The molecule has 1 aliphatic rings. The topological polar surface area (TPSA) is 6.48 Å². The largest absolute Gasteiger partial charge is 0.405 e. The summed E-state index contributed by atoms with van der Waals surface area (Å²) in [5.41, 5.74) is 0. The number of rotatable bonds is 1. The SMILES string of the molecule is C=CN1CCN(C)[C@H](C(F)(F)F)C1. The van der Waals surface area contributed by atoms with Crippen LogP contribution in [-0.2, 0) is 0 Å². The van der Waals surface area contributed by atoms with Crippen molar-refractivity contribution < 1.29 is 13.2 Å². The Morgan fingerprint density at radius 2 is 2.00 bits per heavy atom. The second-order valence-corrected chi connectivity index (χ2v) is 3.22. The summed E-state index contributed by atoms with van der Waals surface area (Å²) < 4.78 is 37.2. The van der Waals surface area contributed by atoms with Gasteiger partial charge in [0.2, 0.25) is 0 Å². The zero-order chi connectivity index (χ0) is 10.1. The molecular weight excluding hydrogens is 181 g/mol.